The number of hydrogen-bond donors (Lipinski definition) is 7. The molecule has 0 saturated heterocycles. The molecule has 0 aliphatic rings. The molecule has 138 valence electrons. The van der Waals surface area contributed by atoms with Crippen molar-refractivity contribution in [2.24, 2.45) is 0 Å². The number of aliphatic hydroxyl groups is 6. The Bertz CT molecular complexity index is 329. The average molecular weight is 341 g/mol. The lowest BCUT2D eigenvalue weighted by Gasteiger charge is -2.28. The number of ether oxygens (including phenoxy) is 2. The molecule has 0 aromatic heterocycles. The molecule has 23 heavy (non-hydrogen) atoms. The van der Waals surface area contributed by atoms with Gasteiger partial charge in [-0.2, -0.15) is 0 Å². The largest absolute Gasteiger partial charge is 0.394 e. The van der Waals surface area contributed by atoms with Gasteiger partial charge in [-0.05, 0) is 6.92 Å². The van der Waals surface area contributed by atoms with E-state index in [2.05, 4.69) is 5.32 Å². The maximum Gasteiger partial charge on any atom is 0.216 e. The van der Waals surface area contributed by atoms with Crippen LogP contribution >= 0.6 is 0 Å². The Kier molecular flexibility index (Phi) is 11.2. The van der Waals surface area contributed by atoms with Crippen molar-refractivity contribution in [3.05, 3.63) is 0 Å². The zero-order chi connectivity index (χ0) is 18.0. The van der Waals surface area contributed by atoms with Crippen LogP contribution in [0, 0.1) is 0 Å². The summed E-state index contributed by atoms with van der Waals surface area (Å²) in [5, 5.41) is 58.4. The minimum Gasteiger partial charge on any atom is -0.394 e. The van der Waals surface area contributed by atoms with Crippen molar-refractivity contribution in [3.8, 4) is 0 Å². The van der Waals surface area contributed by atoms with Crippen LogP contribution in [0.3, 0.4) is 0 Å². The molecule has 0 aromatic carbocycles. The van der Waals surface area contributed by atoms with E-state index in [9.17, 15) is 25.2 Å². The van der Waals surface area contributed by atoms with Crippen molar-refractivity contribution in [2.45, 2.75) is 50.5 Å². The molecule has 0 aromatic rings. The summed E-state index contributed by atoms with van der Waals surface area (Å²) in [5.41, 5.74) is 0. The van der Waals surface area contributed by atoms with Crippen LogP contribution in [0.15, 0.2) is 0 Å². The number of carbonyl (C=O) groups excluding carboxylic acids is 1. The second kappa shape index (κ2) is 11.6. The zero-order valence-corrected chi connectivity index (χ0v) is 13.2. The van der Waals surface area contributed by atoms with Gasteiger partial charge in [-0.1, -0.05) is 0 Å². The van der Waals surface area contributed by atoms with Crippen LogP contribution in [-0.4, -0.2) is 99.7 Å². The Hall–Kier alpha value is -0.850. The van der Waals surface area contributed by atoms with Crippen molar-refractivity contribution < 1.29 is 44.9 Å². The van der Waals surface area contributed by atoms with Crippen LogP contribution in [0.1, 0.15) is 13.8 Å². The van der Waals surface area contributed by atoms with Crippen LogP contribution in [0.5, 0.6) is 0 Å². The number of aliphatic hydroxyl groups excluding tert-OH is 6. The van der Waals surface area contributed by atoms with Crippen LogP contribution in [-0.2, 0) is 14.3 Å². The standard InChI is InChI=1S/C13H27NO9/c1-7(17)12(20)11(5-16)23-6-22-10(3-14-8(2)18)13(21)9(19)4-15/h7,9-13,15-17,19-21H,3-6H2,1-2H3,(H,14,18)/t7-,9?,10-,11?,12-,13+/m1/s1. The molecule has 0 aliphatic carbocycles. The number of amides is 1. The quantitative estimate of drug-likeness (QED) is 0.177. The molecule has 1 amide bonds. The van der Waals surface area contributed by atoms with Crippen molar-refractivity contribution in [1.29, 1.82) is 0 Å². The summed E-state index contributed by atoms with van der Waals surface area (Å²) in [4.78, 5) is 10.9. The Morgan fingerprint density at radius 3 is 2.00 bits per heavy atom. The monoisotopic (exact) mass is 341 g/mol. The van der Waals surface area contributed by atoms with Gasteiger partial charge < -0.3 is 45.4 Å². The van der Waals surface area contributed by atoms with E-state index in [0.717, 1.165) is 0 Å². The first-order chi connectivity index (χ1) is 10.7. The normalized spacial score (nSPS) is 19.5. The highest BCUT2D eigenvalue weighted by Gasteiger charge is 2.28. The van der Waals surface area contributed by atoms with E-state index in [1.165, 1.54) is 13.8 Å². The average Bonchev–Trinajstić information content (AvgIpc) is 2.51. The van der Waals surface area contributed by atoms with Gasteiger partial charge in [0.15, 0.2) is 0 Å². The zero-order valence-electron chi connectivity index (χ0n) is 13.2. The highest BCUT2D eigenvalue weighted by Crippen LogP contribution is 2.08. The molecule has 7 N–H and O–H groups in total. The number of carbonyl (C=O) groups is 1. The van der Waals surface area contributed by atoms with Crippen LogP contribution in [0.2, 0.25) is 0 Å². The van der Waals surface area contributed by atoms with E-state index in [-0.39, 0.29) is 12.5 Å². The summed E-state index contributed by atoms with van der Waals surface area (Å²) in [6.07, 6.45) is -7.66. The summed E-state index contributed by atoms with van der Waals surface area (Å²) >= 11 is 0. The van der Waals surface area contributed by atoms with Gasteiger partial charge in [0.1, 0.15) is 37.3 Å². The molecule has 0 radical (unpaired) electrons. The number of hydrogen-bond acceptors (Lipinski definition) is 9. The predicted molar refractivity (Wildman–Crippen MR) is 77.2 cm³/mol. The fourth-order valence-corrected chi connectivity index (χ4v) is 1.66. The molecule has 0 aliphatic heterocycles. The second-order valence-electron chi connectivity index (χ2n) is 5.12. The van der Waals surface area contributed by atoms with Crippen LogP contribution in [0.25, 0.3) is 0 Å². The summed E-state index contributed by atoms with van der Waals surface area (Å²) in [5.74, 6) is -0.386. The highest BCUT2D eigenvalue weighted by molar-refractivity contribution is 5.72. The fourth-order valence-electron chi connectivity index (χ4n) is 1.66. The Morgan fingerprint density at radius 2 is 1.57 bits per heavy atom. The Balaban J connectivity index is 4.55. The lowest BCUT2D eigenvalue weighted by molar-refractivity contribution is -0.191. The van der Waals surface area contributed by atoms with Gasteiger partial charge in [-0.15, -0.1) is 0 Å². The van der Waals surface area contributed by atoms with Crippen molar-refractivity contribution in [3.63, 3.8) is 0 Å². The van der Waals surface area contributed by atoms with Crippen LogP contribution in [0.4, 0.5) is 0 Å². The van der Waals surface area contributed by atoms with Gasteiger partial charge in [-0.3, -0.25) is 4.79 Å². The predicted octanol–water partition coefficient (Wildman–Crippen LogP) is -3.70. The van der Waals surface area contributed by atoms with E-state index in [0.29, 0.717) is 0 Å². The number of rotatable bonds is 12. The molecule has 10 heteroatoms. The maximum atomic E-state index is 10.9. The lowest BCUT2D eigenvalue weighted by Crippen LogP contribution is -2.48. The molecule has 0 saturated carbocycles. The molecule has 0 bridgehead atoms. The minimum atomic E-state index is -1.50. The van der Waals surface area contributed by atoms with Crippen LogP contribution < -0.4 is 5.32 Å². The van der Waals surface area contributed by atoms with Gasteiger partial charge in [0.05, 0.1) is 19.3 Å². The van der Waals surface area contributed by atoms with Crippen molar-refractivity contribution in [1.82, 2.24) is 5.32 Å². The van der Waals surface area contributed by atoms with Crippen molar-refractivity contribution >= 4 is 5.91 Å². The Morgan fingerprint density at radius 1 is 1.00 bits per heavy atom. The van der Waals surface area contributed by atoms with E-state index in [1.807, 2.05) is 0 Å². The summed E-state index contributed by atoms with van der Waals surface area (Å²) in [6.45, 7) is 0.644. The highest BCUT2D eigenvalue weighted by atomic mass is 16.7. The van der Waals surface area contributed by atoms with Gasteiger partial charge >= 0.3 is 0 Å². The summed E-state index contributed by atoms with van der Waals surface area (Å²) in [6, 6.07) is 0. The topological polar surface area (TPSA) is 169 Å². The molecule has 0 rings (SSSR count). The van der Waals surface area contributed by atoms with Crippen molar-refractivity contribution in [2.75, 3.05) is 26.6 Å². The second-order valence-corrected chi connectivity index (χ2v) is 5.12. The fraction of sp³-hybridized carbons (Fsp3) is 0.923. The molecule has 10 nitrogen and oxygen atoms in total. The third-order valence-corrected chi connectivity index (χ3v) is 3.13. The Labute approximate surface area is 134 Å². The molecular formula is C13H27NO9. The van der Waals surface area contributed by atoms with Gasteiger partial charge in [0.2, 0.25) is 5.91 Å². The first-order valence-electron chi connectivity index (χ1n) is 7.16. The maximum absolute atomic E-state index is 10.9. The summed E-state index contributed by atoms with van der Waals surface area (Å²) in [7, 11) is 0. The molecule has 2 unspecified atom stereocenters. The third-order valence-electron chi connectivity index (χ3n) is 3.13. The smallest absolute Gasteiger partial charge is 0.216 e. The van der Waals surface area contributed by atoms with Gasteiger partial charge in [-0.25, -0.2) is 0 Å². The first kappa shape index (κ1) is 22.1. The van der Waals surface area contributed by atoms with E-state index < -0.39 is 56.6 Å². The molecule has 0 spiro atoms. The van der Waals surface area contributed by atoms with Gasteiger partial charge in [0, 0.05) is 13.5 Å². The lowest BCUT2D eigenvalue weighted by atomic mass is 10.1. The molecular weight excluding hydrogens is 314 g/mol. The van der Waals surface area contributed by atoms with E-state index in [4.69, 9.17) is 19.7 Å². The first-order valence-corrected chi connectivity index (χ1v) is 7.16. The molecule has 6 atom stereocenters. The minimum absolute atomic E-state index is 0.153. The molecule has 0 heterocycles. The van der Waals surface area contributed by atoms with E-state index in [1.54, 1.807) is 0 Å². The molecule has 0 fully saturated rings. The third kappa shape index (κ3) is 8.53. The van der Waals surface area contributed by atoms with E-state index >= 15 is 0 Å². The van der Waals surface area contributed by atoms with Gasteiger partial charge in [0.25, 0.3) is 0 Å². The number of nitrogens with one attached hydrogen (secondary N) is 1. The SMILES string of the molecule is CC(=O)NC[C@@H](OCOC(CO)[C@H](O)[C@@H](C)O)[C@@H](O)C(O)CO. The summed E-state index contributed by atoms with van der Waals surface area (Å²) < 4.78 is 10.2.